The van der Waals surface area contributed by atoms with E-state index >= 15 is 0 Å². The zero-order valence-corrected chi connectivity index (χ0v) is 67.9. The molecule has 0 saturated heterocycles. The molecule has 3 spiro atoms. The Balaban J connectivity index is 0.000000194. The summed E-state index contributed by atoms with van der Waals surface area (Å²) in [4.78, 5) is 0. The highest BCUT2D eigenvalue weighted by molar-refractivity contribution is 5.01. The highest BCUT2D eigenvalue weighted by Crippen LogP contribution is 2.62. The van der Waals surface area contributed by atoms with Crippen LogP contribution < -0.4 is 0 Å². The van der Waals surface area contributed by atoms with Crippen molar-refractivity contribution in [3.05, 3.63) is 0 Å². The van der Waals surface area contributed by atoms with Gasteiger partial charge in [-0.1, -0.05) is 262 Å². The van der Waals surface area contributed by atoms with E-state index in [2.05, 4.69) is 118 Å². The first-order valence-corrected chi connectivity index (χ1v) is 42.5. The van der Waals surface area contributed by atoms with Crippen LogP contribution in [0.5, 0.6) is 0 Å². The van der Waals surface area contributed by atoms with Crippen LogP contribution in [0.2, 0.25) is 0 Å². The standard InChI is InChI=1S/C14H26.C12H20.C12H22.2C11H20.C10H18.C8H16.2C5H12.C4H10/c1-12-4-6-14(7-5-12)10-8-13(2,3)9-11-14;1-2-12-6-9-3-10(7-12)5-11(4-9)8-12;1-11-5-9-12(10-6-11)7-3-2-4-8-12;1-8-9-4-6-10(7-5-9)11(8,2)3;1-10-4-8-11(9-5-10)6-2-3-7-11;1-7-8(2)10-5-3-9(7)4-6-10;1-3-8(2)6-4-5-7-8;1-5(2,3)4;1-4-5(2)3;1-4(2)3/h12H,4-11H2,1-3H3;9-11H,2-8H2,1H3;11H,2-10H2,1H3;8-10H,4-7H2,1-3H3;10H,2-9H2,1H3;7-10H,3-6H2,1-2H3;3-7H2,1-2H3;1-4H3;5H,4H2,1-3H3;4H,1-3H3/t;;;8-,9?,10?;;7-,8?,9?,10?;;;;/m...1.0..../s1/i;;;;;;;;4D2;4D. The van der Waals surface area contributed by atoms with Crippen molar-refractivity contribution in [2.45, 2.75) is 455 Å². The Morgan fingerprint density at radius 3 is 0.935 bits per heavy atom. The minimum atomic E-state index is -1.00. The molecular formula is C92H176. The van der Waals surface area contributed by atoms with Crippen LogP contribution in [0.25, 0.3) is 0 Å². The third-order valence-corrected chi connectivity index (χ3v) is 30.2. The van der Waals surface area contributed by atoms with Crippen LogP contribution >= 0.6 is 0 Å². The highest BCUT2D eigenvalue weighted by atomic mass is 14.6. The van der Waals surface area contributed by atoms with Gasteiger partial charge in [0, 0.05) is 4.11 Å². The Kier molecular flexibility index (Phi) is 32.2. The van der Waals surface area contributed by atoms with Crippen LogP contribution in [0.3, 0.4) is 0 Å². The first-order chi connectivity index (χ1) is 44.0. The van der Waals surface area contributed by atoms with Gasteiger partial charge in [0.25, 0.3) is 0 Å². The Labute approximate surface area is 587 Å². The lowest BCUT2D eigenvalue weighted by molar-refractivity contribution is -0.0545. The molecule has 0 N–H and O–H groups in total. The molecule has 92 heavy (non-hydrogen) atoms. The third kappa shape index (κ3) is 27.5. The van der Waals surface area contributed by atoms with E-state index in [0.29, 0.717) is 16.2 Å². The van der Waals surface area contributed by atoms with E-state index in [1.165, 1.54) is 199 Å². The minimum absolute atomic E-state index is 0.132. The van der Waals surface area contributed by atoms with Crippen molar-refractivity contribution >= 4 is 0 Å². The molecule has 17 aliphatic rings. The number of rotatable bonds is 3. The molecule has 3 atom stereocenters. The molecule has 17 aliphatic carbocycles. The number of hydrogen-bond donors (Lipinski definition) is 0. The van der Waals surface area contributed by atoms with Crippen LogP contribution in [0.15, 0.2) is 0 Å². The van der Waals surface area contributed by atoms with Crippen molar-refractivity contribution in [1.82, 2.24) is 0 Å². The summed E-state index contributed by atoms with van der Waals surface area (Å²) in [5.41, 5.74) is 5.86. The van der Waals surface area contributed by atoms with Gasteiger partial charge in [0.15, 0.2) is 0 Å². The van der Waals surface area contributed by atoms with Gasteiger partial charge in [0.1, 0.15) is 0 Å². The lowest BCUT2D eigenvalue weighted by Crippen LogP contribution is -2.45. The first-order valence-electron chi connectivity index (χ1n) is 44.0. The maximum Gasteiger partial charge on any atom is 0.0294 e. The molecule has 0 heteroatoms. The van der Waals surface area contributed by atoms with Gasteiger partial charge >= 0.3 is 0 Å². The largest absolute Gasteiger partial charge is 0.0651 e. The summed E-state index contributed by atoms with van der Waals surface area (Å²) in [5.74, 6) is 13.7. The molecule has 0 aliphatic heterocycles. The quantitative estimate of drug-likeness (QED) is 0.264. The average Bonchev–Trinajstić information content (AvgIpc) is 1.33. The predicted molar refractivity (Wildman–Crippen MR) is 415 cm³/mol. The van der Waals surface area contributed by atoms with E-state index in [1.807, 2.05) is 34.6 Å². The van der Waals surface area contributed by atoms with Crippen molar-refractivity contribution in [2.24, 2.45) is 132 Å². The summed E-state index contributed by atoms with van der Waals surface area (Å²) in [5, 5.41) is 0. The molecule has 0 aromatic heterocycles. The van der Waals surface area contributed by atoms with E-state index < -0.39 is 6.37 Å². The summed E-state index contributed by atoms with van der Waals surface area (Å²) in [6.45, 7) is 51.3. The molecular weight excluding hydrogens is 1110 g/mol. The fourth-order valence-electron chi connectivity index (χ4n) is 22.2. The molecule has 17 saturated carbocycles. The smallest absolute Gasteiger partial charge is 0.0294 e. The molecule has 0 aromatic rings. The van der Waals surface area contributed by atoms with E-state index in [1.54, 1.807) is 96.8 Å². The summed E-state index contributed by atoms with van der Waals surface area (Å²) in [6, 6.07) is 0. The summed E-state index contributed by atoms with van der Waals surface area (Å²) in [6.07, 6.45) is 67.7. The van der Waals surface area contributed by atoms with Gasteiger partial charge in [0.2, 0.25) is 0 Å². The summed E-state index contributed by atoms with van der Waals surface area (Å²) >= 11 is 0. The zero-order chi connectivity index (χ0) is 70.9. The third-order valence-electron chi connectivity index (χ3n) is 30.2. The van der Waals surface area contributed by atoms with Gasteiger partial charge in [0.05, 0.1) is 0 Å². The Hall–Kier alpha value is 0. The van der Waals surface area contributed by atoms with E-state index in [9.17, 15) is 0 Å². The zero-order valence-electron chi connectivity index (χ0n) is 70.9. The molecule has 17 rings (SSSR count). The molecule has 0 radical (unpaired) electrons. The van der Waals surface area contributed by atoms with E-state index in [0.717, 1.165) is 104 Å². The summed E-state index contributed by atoms with van der Waals surface area (Å²) < 4.78 is 21.0. The van der Waals surface area contributed by atoms with Crippen molar-refractivity contribution < 1.29 is 4.11 Å². The van der Waals surface area contributed by atoms with E-state index in [-0.39, 0.29) is 11.8 Å². The van der Waals surface area contributed by atoms with Gasteiger partial charge in [-0.2, -0.15) is 0 Å². The molecule has 0 nitrogen and oxygen atoms in total. The number of fused-ring (bicyclic) bond motifs is 6. The van der Waals surface area contributed by atoms with Crippen molar-refractivity contribution in [3.8, 4) is 0 Å². The molecule has 0 aromatic carbocycles. The van der Waals surface area contributed by atoms with Gasteiger partial charge < -0.3 is 0 Å². The van der Waals surface area contributed by atoms with Gasteiger partial charge in [-0.05, 0) is 325 Å². The lowest BCUT2D eigenvalue weighted by atomic mass is 9.49. The second-order valence-electron chi connectivity index (χ2n) is 41.7. The number of hydrogen-bond acceptors (Lipinski definition) is 0. The van der Waals surface area contributed by atoms with Gasteiger partial charge in [-0.3, -0.25) is 0 Å². The van der Waals surface area contributed by atoms with Crippen molar-refractivity contribution in [3.63, 3.8) is 0 Å². The molecule has 0 heterocycles. The maximum absolute atomic E-state index is 7.05. The molecule has 0 amide bonds. The van der Waals surface area contributed by atoms with Crippen LogP contribution in [0, 0.1) is 132 Å². The maximum atomic E-state index is 7.05. The van der Waals surface area contributed by atoms with Crippen molar-refractivity contribution in [2.75, 3.05) is 0 Å². The SMILES string of the molecule is CC(C)(C)C.CC1C2CCC(CC2)[C@H]1C.CC1CCC2(CC1)CCC(C)(C)CC2.CC1CCC2(CCCC2)CC1.CC1CCC2(CCCCC2)CC1.CCC1(C)CCCC1.CCC12CC3CC(CC(C3)C1)C2.C[C@@H]1C2CCC(CC2)C1(C)C.[2H]C(C)(C)C.[2H]C([2H])(C)C(C)C. The van der Waals surface area contributed by atoms with E-state index in [4.69, 9.17) is 4.11 Å². The molecule has 544 valence electrons. The van der Waals surface area contributed by atoms with Crippen LogP contribution in [-0.4, -0.2) is 0 Å². The van der Waals surface area contributed by atoms with Gasteiger partial charge in [-0.25, -0.2) is 0 Å². The highest BCUT2D eigenvalue weighted by Gasteiger charge is 2.50. The van der Waals surface area contributed by atoms with Crippen molar-refractivity contribution in [1.29, 1.82) is 0 Å². The second kappa shape index (κ2) is 38.2. The average molecular weight is 1290 g/mol. The lowest BCUT2D eigenvalue weighted by Gasteiger charge is -2.56. The van der Waals surface area contributed by atoms with Gasteiger partial charge in [-0.15, -0.1) is 0 Å². The molecule has 1 unspecified atom stereocenters. The topological polar surface area (TPSA) is 0 Å². The van der Waals surface area contributed by atoms with Crippen LogP contribution in [0.1, 0.15) is 459 Å². The molecule has 17 fully saturated rings. The monoisotopic (exact) mass is 1280 g/mol. The Morgan fingerprint density at radius 2 is 0.685 bits per heavy atom. The molecule has 8 bridgehead atoms. The Morgan fingerprint density at radius 1 is 0.391 bits per heavy atom. The van der Waals surface area contributed by atoms with Crippen LogP contribution in [0.4, 0.5) is 0 Å². The Bertz CT molecular complexity index is 1930. The predicted octanol–water partition coefficient (Wildman–Crippen LogP) is 31.6. The first kappa shape index (κ1) is 77.7. The normalized spacial score (nSPS) is 36.7. The summed E-state index contributed by atoms with van der Waals surface area (Å²) in [7, 11) is 0. The van der Waals surface area contributed by atoms with Crippen LogP contribution in [-0.2, 0) is 0 Å². The fraction of sp³-hybridized carbons (Fsp3) is 1.00. The second-order valence-corrected chi connectivity index (χ2v) is 41.7. The fourth-order valence-corrected chi connectivity index (χ4v) is 22.2. The minimum Gasteiger partial charge on any atom is -0.0651 e.